The second-order valence-electron chi connectivity index (χ2n) is 3.87. The third kappa shape index (κ3) is 1.37. The summed E-state index contributed by atoms with van der Waals surface area (Å²) in [5.74, 6) is 1.83. The molecule has 2 N–H and O–H groups in total. The van der Waals surface area contributed by atoms with Crippen LogP contribution >= 0.6 is 0 Å². The minimum absolute atomic E-state index is 0.492. The van der Waals surface area contributed by atoms with Crippen LogP contribution in [0, 0.1) is 0 Å². The van der Waals surface area contributed by atoms with Crippen LogP contribution in [-0.4, -0.2) is 0 Å². The first-order chi connectivity index (χ1) is 7.90. The van der Waals surface area contributed by atoms with Gasteiger partial charge in [-0.3, -0.25) is 0 Å². The molecule has 0 spiro atoms. The number of hydrogen-bond acceptors (Lipinski definition) is 3. The Morgan fingerprint density at radius 2 is 1.94 bits per heavy atom. The number of furan rings is 1. The second-order valence-corrected chi connectivity index (χ2v) is 3.87. The van der Waals surface area contributed by atoms with Gasteiger partial charge >= 0.3 is 0 Å². The average molecular weight is 215 g/mol. The highest BCUT2D eigenvalue weighted by Gasteiger charge is 2.24. The highest BCUT2D eigenvalue weighted by molar-refractivity contribution is 5.64. The molecule has 1 aromatic carbocycles. The molecule has 0 unspecified atom stereocenters. The fraction of sp³-hybridized carbons (Fsp3) is 0.231. The number of rotatable bonds is 2. The second kappa shape index (κ2) is 3.77. The summed E-state index contributed by atoms with van der Waals surface area (Å²) < 4.78 is 11.2. The minimum Gasteiger partial charge on any atom is -0.458 e. The van der Waals surface area contributed by atoms with Crippen LogP contribution in [0.2, 0.25) is 0 Å². The first-order valence-corrected chi connectivity index (χ1v) is 5.37. The van der Waals surface area contributed by atoms with E-state index < -0.39 is 0 Å². The molecule has 3 nitrogen and oxygen atoms in total. The van der Waals surface area contributed by atoms with Crippen molar-refractivity contribution in [2.45, 2.75) is 19.8 Å². The van der Waals surface area contributed by atoms with Gasteiger partial charge in [0.2, 0.25) is 0 Å². The number of fused-ring (bicyclic) bond motifs is 1. The molecule has 0 radical (unpaired) electrons. The van der Waals surface area contributed by atoms with E-state index in [9.17, 15) is 0 Å². The Morgan fingerprint density at radius 3 is 2.69 bits per heavy atom. The molecule has 16 heavy (non-hydrogen) atoms. The topological polar surface area (TPSA) is 48.4 Å². The van der Waals surface area contributed by atoms with Gasteiger partial charge in [-0.05, 0) is 0 Å². The van der Waals surface area contributed by atoms with Gasteiger partial charge < -0.3 is 14.9 Å². The molecule has 3 rings (SSSR count). The van der Waals surface area contributed by atoms with Crippen molar-refractivity contribution < 1.29 is 9.15 Å². The predicted octanol–water partition coefficient (Wildman–Crippen LogP) is 2.44. The number of ether oxygens (including phenoxy) is 1. The molecule has 1 aliphatic heterocycles. The van der Waals surface area contributed by atoms with Crippen LogP contribution in [0.15, 0.2) is 34.7 Å². The highest BCUT2D eigenvalue weighted by atomic mass is 16.5. The van der Waals surface area contributed by atoms with Crippen molar-refractivity contribution in [1.29, 1.82) is 0 Å². The van der Waals surface area contributed by atoms with Crippen molar-refractivity contribution in [2.75, 3.05) is 0 Å². The monoisotopic (exact) mass is 215 g/mol. The molecule has 2 heterocycles. The molecule has 0 aliphatic carbocycles. The van der Waals surface area contributed by atoms with Gasteiger partial charge in [0, 0.05) is 23.2 Å². The Kier molecular flexibility index (Phi) is 2.27. The van der Waals surface area contributed by atoms with E-state index >= 15 is 0 Å². The molecular formula is C13H13NO2. The molecule has 1 aromatic heterocycles. The lowest BCUT2D eigenvalue weighted by molar-refractivity contribution is 0.124. The van der Waals surface area contributed by atoms with Crippen molar-refractivity contribution in [3.63, 3.8) is 0 Å². The summed E-state index contributed by atoms with van der Waals surface area (Å²) in [6.07, 6.45) is 0. The maximum atomic E-state index is 5.83. The van der Waals surface area contributed by atoms with E-state index in [1.807, 2.05) is 30.3 Å². The average Bonchev–Trinajstić information content (AvgIpc) is 2.89. The van der Waals surface area contributed by atoms with Gasteiger partial charge in [-0.25, -0.2) is 0 Å². The van der Waals surface area contributed by atoms with Crippen molar-refractivity contribution >= 4 is 0 Å². The molecule has 0 saturated heterocycles. The molecule has 2 aromatic rings. The summed E-state index contributed by atoms with van der Waals surface area (Å²) in [4.78, 5) is 0. The smallest absolute Gasteiger partial charge is 0.139 e. The van der Waals surface area contributed by atoms with Crippen LogP contribution in [-0.2, 0) is 24.5 Å². The zero-order valence-corrected chi connectivity index (χ0v) is 8.90. The normalized spacial score (nSPS) is 14.1. The van der Waals surface area contributed by atoms with Crippen LogP contribution in [0.5, 0.6) is 0 Å². The van der Waals surface area contributed by atoms with Gasteiger partial charge in [0.15, 0.2) is 0 Å². The largest absolute Gasteiger partial charge is 0.458 e. The molecule has 0 fully saturated rings. The van der Waals surface area contributed by atoms with Gasteiger partial charge in [0.1, 0.15) is 18.1 Å². The van der Waals surface area contributed by atoms with E-state index in [1.165, 1.54) is 0 Å². The van der Waals surface area contributed by atoms with Crippen LogP contribution < -0.4 is 5.73 Å². The van der Waals surface area contributed by atoms with E-state index in [-0.39, 0.29) is 0 Å². The van der Waals surface area contributed by atoms with Crippen LogP contribution in [0.4, 0.5) is 0 Å². The lowest BCUT2D eigenvalue weighted by atomic mass is 10.1. The lowest BCUT2D eigenvalue weighted by Crippen LogP contribution is -1.99. The van der Waals surface area contributed by atoms with Crippen LogP contribution in [0.1, 0.15) is 16.9 Å². The van der Waals surface area contributed by atoms with E-state index in [2.05, 4.69) is 0 Å². The van der Waals surface area contributed by atoms with Crippen molar-refractivity contribution in [3.8, 4) is 11.3 Å². The van der Waals surface area contributed by atoms with Gasteiger partial charge in [0.25, 0.3) is 0 Å². The van der Waals surface area contributed by atoms with E-state index in [4.69, 9.17) is 14.9 Å². The molecule has 3 heteroatoms. The van der Waals surface area contributed by atoms with Crippen LogP contribution in [0.3, 0.4) is 0 Å². The Balaban J connectivity index is 2.15. The molecule has 0 atom stereocenters. The zero-order valence-electron chi connectivity index (χ0n) is 8.90. The Morgan fingerprint density at radius 1 is 1.12 bits per heavy atom. The summed E-state index contributed by atoms with van der Waals surface area (Å²) in [6, 6.07) is 10.1. The summed E-state index contributed by atoms with van der Waals surface area (Å²) in [6.45, 7) is 1.68. The molecule has 82 valence electrons. The van der Waals surface area contributed by atoms with Gasteiger partial charge in [0.05, 0.1) is 6.61 Å². The first-order valence-electron chi connectivity index (χ1n) is 5.37. The fourth-order valence-electron chi connectivity index (χ4n) is 2.12. The summed E-state index contributed by atoms with van der Waals surface area (Å²) in [7, 11) is 0. The van der Waals surface area contributed by atoms with E-state index in [0.717, 1.165) is 28.2 Å². The minimum atomic E-state index is 0.492. The van der Waals surface area contributed by atoms with Crippen molar-refractivity contribution in [3.05, 3.63) is 47.2 Å². The molecule has 1 aliphatic rings. The Bertz CT molecular complexity index is 502. The summed E-state index contributed by atoms with van der Waals surface area (Å²) in [5.41, 5.74) is 9.09. The molecule has 0 amide bonds. The van der Waals surface area contributed by atoms with Crippen molar-refractivity contribution in [1.82, 2.24) is 0 Å². The van der Waals surface area contributed by atoms with Gasteiger partial charge in [-0.2, -0.15) is 0 Å². The number of nitrogens with two attached hydrogens (primary N) is 1. The van der Waals surface area contributed by atoms with E-state index in [0.29, 0.717) is 19.8 Å². The van der Waals surface area contributed by atoms with Gasteiger partial charge in [-0.1, -0.05) is 30.3 Å². The Hall–Kier alpha value is -1.58. The Labute approximate surface area is 93.8 Å². The number of hydrogen-bond donors (Lipinski definition) is 1. The van der Waals surface area contributed by atoms with Gasteiger partial charge in [-0.15, -0.1) is 0 Å². The molecule has 0 saturated carbocycles. The quantitative estimate of drug-likeness (QED) is 0.837. The zero-order chi connectivity index (χ0) is 11.0. The predicted molar refractivity (Wildman–Crippen MR) is 60.5 cm³/mol. The molecular weight excluding hydrogens is 202 g/mol. The first kappa shape index (κ1) is 9.63. The summed E-state index contributed by atoms with van der Waals surface area (Å²) >= 11 is 0. The molecule has 0 bridgehead atoms. The fourth-order valence-corrected chi connectivity index (χ4v) is 2.12. The maximum Gasteiger partial charge on any atom is 0.139 e. The lowest BCUT2D eigenvalue weighted by Gasteiger charge is -2.02. The SMILES string of the molecule is NCc1c(-c2ccccc2)oc2c1COC2. The summed E-state index contributed by atoms with van der Waals surface area (Å²) in [5, 5.41) is 0. The highest BCUT2D eigenvalue weighted by Crippen LogP contribution is 2.35. The van der Waals surface area contributed by atoms with Crippen molar-refractivity contribution in [2.24, 2.45) is 5.73 Å². The standard InChI is InChI=1S/C13H13NO2/c14-6-10-11-7-15-8-12(11)16-13(10)9-4-2-1-3-5-9/h1-5H,6-8,14H2. The maximum absolute atomic E-state index is 5.83. The third-order valence-corrected chi connectivity index (χ3v) is 2.92. The van der Waals surface area contributed by atoms with E-state index in [1.54, 1.807) is 0 Å². The third-order valence-electron chi connectivity index (χ3n) is 2.92. The number of benzene rings is 1. The van der Waals surface area contributed by atoms with Crippen LogP contribution in [0.25, 0.3) is 11.3 Å².